The van der Waals surface area contributed by atoms with Gasteiger partial charge in [-0.2, -0.15) is 11.3 Å². The Kier molecular flexibility index (Phi) is 3.25. The van der Waals surface area contributed by atoms with Crippen molar-refractivity contribution in [1.82, 2.24) is 4.98 Å². The molecule has 0 aliphatic heterocycles. The molecule has 2 aromatic rings. The fraction of sp³-hybridized carbons (Fsp3) is 0.167. The summed E-state index contributed by atoms with van der Waals surface area (Å²) in [6.45, 7) is 0. The molecular weight excluding hydrogens is 206 g/mol. The van der Waals surface area contributed by atoms with Crippen LogP contribution < -0.4 is 0 Å². The summed E-state index contributed by atoms with van der Waals surface area (Å²) in [5.41, 5.74) is 2.14. The molecule has 0 N–H and O–H groups in total. The van der Waals surface area contributed by atoms with Crippen LogP contribution in [0.2, 0.25) is 0 Å². The molecule has 2 heterocycles. The molecule has 0 aliphatic carbocycles. The number of hydrogen-bond acceptors (Lipinski definition) is 3. The number of aromatic nitrogens is 1. The van der Waals surface area contributed by atoms with Gasteiger partial charge in [0.05, 0.1) is 0 Å². The third-order valence-electron chi connectivity index (χ3n) is 2.13. The highest BCUT2D eigenvalue weighted by atomic mass is 32.1. The van der Waals surface area contributed by atoms with Gasteiger partial charge in [0.15, 0.2) is 0 Å². The third-order valence-corrected chi connectivity index (χ3v) is 2.86. The molecule has 0 aromatic carbocycles. The second kappa shape index (κ2) is 4.84. The number of pyridine rings is 1. The molecule has 2 nitrogen and oxygen atoms in total. The topological polar surface area (TPSA) is 30.0 Å². The van der Waals surface area contributed by atoms with Crippen molar-refractivity contribution in [2.24, 2.45) is 0 Å². The van der Waals surface area contributed by atoms with E-state index >= 15 is 0 Å². The van der Waals surface area contributed by atoms with Gasteiger partial charge in [-0.15, -0.1) is 0 Å². The number of rotatable bonds is 4. The van der Waals surface area contributed by atoms with E-state index in [1.165, 1.54) is 0 Å². The lowest BCUT2D eigenvalue weighted by Crippen LogP contribution is -2.05. The van der Waals surface area contributed by atoms with Crippen LogP contribution in [0.15, 0.2) is 41.4 Å². The van der Waals surface area contributed by atoms with Crippen molar-refractivity contribution in [1.29, 1.82) is 0 Å². The van der Waals surface area contributed by atoms with Gasteiger partial charge in [0.2, 0.25) is 0 Å². The highest BCUT2D eigenvalue weighted by Gasteiger charge is 2.04. The Morgan fingerprint density at radius 3 is 2.53 bits per heavy atom. The van der Waals surface area contributed by atoms with E-state index in [1.807, 2.05) is 29.0 Å². The van der Waals surface area contributed by atoms with E-state index in [9.17, 15) is 4.79 Å². The van der Waals surface area contributed by atoms with Crippen LogP contribution in [0.5, 0.6) is 0 Å². The fourth-order valence-corrected chi connectivity index (χ4v) is 2.08. The van der Waals surface area contributed by atoms with E-state index in [2.05, 4.69) is 4.98 Å². The largest absolute Gasteiger partial charge is 0.299 e. The molecule has 0 amide bonds. The van der Waals surface area contributed by atoms with E-state index in [4.69, 9.17) is 0 Å². The van der Waals surface area contributed by atoms with Crippen LogP contribution in [0.4, 0.5) is 0 Å². The van der Waals surface area contributed by atoms with Crippen LogP contribution in [0.1, 0.15) is 11.1 Å². The maximum atomic E-state index is 11.7. The Morgan fingerprint density at radius 1 is 1.13 bits per heavy atom. The lowest BCUT2D eigenvalue weighted by molar-refractivity contribution is -0.117. The fourth-order valence-electron chi connectivity index (χ4n) is 1.41. The van der Waals surface area contributed by atoms with E-state index in [1.54, 1.807) is 23.7 Å². The first-order chi connectivity index (χ1) is 7.34. The van der Waals surface area contributed by atoms with Crippen LogP contribution in [0.3, 0.4) is 0 Å². The molecule has 2 rings (SSSR count). The van der Waals surface area contributed by atoms with Crippen molar-refractivity contribution in [2.45, 2.75) is 12.8 Å². The lowest BCUT2D eigenvalue weighted by Gasteiger charge is -1.99. The van der Waals surface area contributed by atoms with Gasteiger partial charge in [0.1, 0.15) is 5.78 Å². The molecule has 0 bridgehead atoms. The Hall–Kier alpha value is -1.48. The number of hydrogen-bond donors (Lipinski definition) is 0. The zero-order chi connectivity index (χ0) is 10.5. The van der Waals surface area contributed by atoms with Crippen molar-refractivity contribution >= 4 is 17.1 Å². The molecule has 76 valence electrons. The predicted octanol–water partition coefficient (Wildman–Crippen LogP) is 2.50. The average Bonchev–Trinajstić information content (AvgIpc) is 2.71. The van der Waals surface area contributed by atoms with Crippen LogP contribution in [0, 0.1) is 0 Å². The Bertz CT molecular complexity index is 422. The molecule has 0 radical (unpaired) electrons. The number of nitrogens with zero attached hydrogens (tertiary/aromatic N) is 1. The number of ketones is 1. The summed E-state index contributed by atoms with van der Waals surface area (Å²) in [5.74, 6) is 0.250. The first-order valence-electron chi connectivity index (χ1n) is 4.76. The quantitative estimate of drug-likeness (QED) is 0.787. The summed E-state index contributed by atoms with van der Waals surface area (Å²) in [5, 5.41) is 4.01. The van der Waals surface area contributed by atoms with Crippen LogP contribution in [-0.4, -0.2) is 10.8 Å². The minimum Gasteiger partial charge on any atom is -0.299 e. The standard InChI is InChI=1S/C12H11NOS/c14-12(8-11-3-6-15-9-11)7-10-1-4-13-5-2-10/h1-6,9H,7-8H2. The Morgan fingerprint density at radius 2 is 1.87 bits per heavy atom. The molecule has 0 fully saturated rings. The van der Waals surface area contributed by atoms with Gasteiger partial charge in [-0.25, -0.2) is 0 Å². The Labute approximate surface area is 92.6 Å². The molecule has 0 saturated heterocycles. The highest BCUT2D eigenvalue weighted by Crippen LogP contribution is 2.08. The second-order valence-electron chi connectivity index (χ2n) is 3.38. The normalized spacial score (nSPS) is 10.1. The van der Waals surface area contributed by atoms with Gasteiger partial charge in [-0.05, 0) is 40.1 Å². The number of Topliss-reactive ketones (excluding diaryl/α,β-unsaturated/α-hetero) is 1. The zero-order valence-corrected chi connectivity index (χ0v) is 9.04. The summed E-state index contributed by atoms with van der Waals surface area (Å²) in [6, 6.07) is 5.76. The van der Waals surface area contributed by atoms with Gasteiger partial charge >= 0.3 is 0 Å². The molecule has 0 unspecified atom stereocenters. The molecule has 0 atom stereocenters. The molecule has 15 heavy (non-hydrogen) atoms. The minimum atomic E-state index is 0.250. The zero-order valence-electron chi connectivity index (χ0n) is 8.22. The van der Waals surface area contributed by atoms with E-state index in [0.29, 0.717) is 12.8 Å². The summed E-state index contributed by atoms with van der Waals surface area (Å²) in [7, 11) is 0. The maximum absolute atomic E-state index is 11.7. The molecule has 3 heteroatoms. The van der Waals surface area contributed by atoms with Gasteiger partial charge in [0, 0.05) is 25.2 Å². The second-order valence-corrected chi connectivity index (χ2v) is 4.16. The van der Waals surface area contributed by atoms with Crippen molar-refractivity contribution in [3.63, 3.8) is 0 Å². The summed E-state index contributed by atoms with van der Waals surface area (Å²) >= 11 is 1.63. The Balaban J connectivity index is 1.94. The van der Waals surface area contributed by atoms with Crippen LogP contribution >= 0.6 is 11.3 Å². The van der Waals surface area contributed by atoms with E-state index < -0.39 is 0 Å². The van der Waals surface area contributed by atoms with Gasteiger partial charge in [0.25, 0.3) is 0 Å². The van der Waals surface area contributed by atoms with E-state index in [-0.39, 0.29) is 5.78 Å². The number of carbonyl (C=O) groups is 1. The van der Waals surface area contributed by atoms with Gasteiger partial charge < -0.3 is 0 Å². The van der Waals surface area contributed by atoms with Crippen LogP contribution in [0.25, 0.3) is 0 Å². The first kappa shape index (κ1) is 10.1. The minimum absolute atomic E-state index is 0.250. The summed E-state index contributed by atoms with van der Waals surface area (Å²) < 4.78 is 0. The van der Waals surface area contributed by atoms with Crippen molar-refractivity contribution in [2.75, 3.05) is 0 Å². The SMILES string of the molecule is O=C(Cc1ccncc1)Cc1ccsc1. The molecule has 2 aromatic heterocycles. The van der Waals surface area contributed by atoms with E-state index in [0.717, 1.165) is 11.1 Å². The molecular formula is C12H11NOS. The molecule has 0 saturated carbocycles. The molecule has 0 spiro atoms. The maximum Gasteiger partial charge on any atom is 0.141 e. The number of thiophene rings is 1. The van der Waals surface area contributed by atoms with Gasteiger partial charge in [-0.1, -0.05) is 0 Å². The lowest BCUT2D eigenvalue weighted by atomic mass is 10.1. The van der Waals surface area contributed by atoms with Crippen molar-refractivity contribution in [3.8, 4) is 0 Å². The predicted molar refractivity (Wildman–Crippen MR) is 61.0 cm³/mol. The van der Waals surface area contributed by atoms with Gasteiger partial charge in [-0.3, -0.25) is 9.78 Å². The number of carbonyl (C=O) groups excluding carboxylic acids is 1. The first-order valence-corrected chi connectivity index (χ1v) is 5.70. The van der Waals surface area contributed by atoms with Crippen molar-refractivity contribution < 1.29 is 4.79 Å². The monoisotopic (exact) mass is 217 g/mol. The third kappa shape index (κ3) is 2.99. The smallest absolute Gasteiger partial charge is 0.141 e. The molecule has 0 aliphatic rings. The average molecular weight is 217 g/mol. The van der Waals surface area contributed by atoms with Crippen molar-refractivity contribution in [3.05, 3.63) is 52.5 Å². The van der Waals surface area contributed by atoms with Crippen LogP contribution in [-0.2, 0) is 17.6 Å². The highest BCUT2D eigenvalue weighted by molar-refractivity contribution is 7.07. The summed E-state index contributed by atoms with van der Waals surface area (Å²) in [4.78, 5) is 15.6. The summed E-state index contributed by atoms with van der Waals surface area (Å²) in [6.07, 6.45) is 4.46.